The zero-order chi connectivity index (χ0) is 21.0. The molecular formula is C17H11Cl2F3N4OS2. The molecule has 1 heterocycles. The van der Waals surface area contributed by atoms with Gasteiger partial charge in [0.05, 0.1) is 10.6 Å². The molecule has 0 radical (unpaired) electrons. The van der Waals surface area contributed by atoms with Gasteiger partial charge in [-0.05, 0) is 35.9 Å². The molecule has 0 aliphatic carbocycles. The molecule has 3 rings (SSSR count). The van der Waals surface area contributed by atoms with Gasteiger partial charge in [-0.15, -0.1) is 10.2 Å². The highest BCUT2D eigenvalue weighted by Crippen LogP contribution is 2.36. The van der Waals surface area contributed by atoms with Gasteiger partial charge in [0.1, 0.15) is 0 Å². The van der Waals surface area contributed by atoms with Crippen molar-refractivity contribution in [3.8, 4) is 0 Å². The fourth-order valence-electron chi connectivity index (χ4n) is 2.12. The molecule has 0 unspecified atom stereocenters. The molecule has 29 heavy (non-hydrogen) atoms. The van der Waals surface area contributed by atoms with Gasteiger partial charge in [-0.1, -0.05) is 58.4 Å². The summed E-state index contributed by atoms with van der Waals surface area (Å²) < 4.78 is 39.3. The van der Waals surface area contributed by atoms with Gasteiger partial charge in [0.15, 0.2) is 4.34 Å². The Labute approximate surface area is 181 Å². The minimum Gasteiger partial charge on any atom is -0.308 e. The van der Waals surface area contributed by atoms with E-state index in [2.05, 4.69) is 20.8 Å². The van der Waals surface area contributed by atoms with Gasteiger partial charge in [0, 0.05) is 16.5 Å². The van der Waals surface area contributed by atoms with Crippen LogP contribution in [0, 0.1) is 0 Å². The third-order valence-electron chi connectivity index (χ3n) is 3.43. The van der Waals surface area contributed by atoms with Crippen LogP contribution in [0.3, 0.4) is 0 Å². The smallest absolute Gasteiger partial charge is 0.308 e. The second kappa shape index (κ2) is 9.21. The van der Waals surface area contributed by atoms with Crippen molar-refractivity contribution >= 4 is 63.2 Å². The average Bonchev–Trinajstić information content (AvgIpc) is 3.09. The molecule has 0 aliphatic heterocycles. The molecular weight excluding hydrogens is 468 g/mol. The van der Waals surface area contributed by atoms with Crippen LogP contribution in [-0.2, 0) is 11.9 Å². The number of carbonyl (C=O) groups is 1. The lowest BCUT2D eigenvalue weighted by molar-refractivity contribution is -0.137. The van der Waals surface area contributed by atoms with Crippen LogP contribution >= 0.6 is 46.3 Å². The van der Waals surface area contributed by atoms with Gasteiger partial charge in [-0.3, -0.25) is 5.32 Å². The van der Waals surface area contributed by atoms with Crippen LogP contribution in [0.1, 0.15) is 11.1 Å². The predicted octanol–water partition coefficient (Wildman–Crippen LogP) is 6.80. The van der Waals surface area contributed by atoms with E-state index < -0.39 is 22.8 Å². The number of amides is 2. The number of nitrogens with one attached hydrogen (secondary N) is 2. The Hall–Kier alpha value is -2.01. The number of halogens is 5. The van der Waals surface area contributed by atoms with Crippen molar-refractivity contribution in [3.05, 3.63) is 63.6 Å². The minimum absolute atomic E-state index is 0.0546. The van der Waals surface area contributed by atoms with E-state index in [9.17, 15) is 18.0 Å². The Kier molecular flexibility index (Phi) is 6.89. The van der Waals surface area contributed by atoms with Gasteiger partial charge < -0.3 is 5.32 Å². The van der Waals surface area contributed by atoms with Crippen LogP contribution < -0.4 is 10.6 Å². The molecule has 0 saturated heterocycles. The second-order valence-corrected chi connectivity index (χ2v) is 8.60. The summed E-state index contributed by atoms with van der Waals surface area (Å²) in [6.45, 7) is 0. The maximum Gasteiger partial charge on any atom is 0.417 e. The second-order valence-electron chi connectivity index (χ2n) is 5.56. The molecule has 2 aromatic carbocycles. The SMILES string of the molecule is O=C(Nc1ccc(Cl)c(C(F)(F)F)c1)Nc1nnc(SCc2ccc(Cl)cc2)s1. The maximum atomic E-state index is 12.9. The molecule has 2 N–H and O–H groups in total. The quantitative estimate of drug-likeness (QED) is 0.312. The van der Waals surface area contributed by atoms with Crippen LogP contribution in [0.2, 0.25) is 10.0 Å². The van der Waals surface area contributed by atoms with Crippen molar-refractivity contribution in [1.82, 2.24) is 10.2 Å². The number of rotatable bonds is 5. The molecule has 0 atom stereocenters. The predicted molar refractivity (Wildman–Crippen MR) is 110 cm³/mol. The van der Waals surface area contributed by atoms with Gasteiger partial charge in [-0.25, -0.2) is 4.79 Å². The Balaban J connectivity index is 1.57. The lowest BCUT2D eigenvalue weighted by atomic mass is 10.2. The third kappa shape index (κ3) is 6.23. The number of hydrogen-bond donors (Lipinski definition) is 2. The molecule has 2 amide bonds. The van der Waals surface area contributed by atoms with Crippen molar-refractivity contribution in [3.63, 3.8) is 0 Å². The van der Waals surface area contributed by atoms with Crippen LogP contribution in [-0.4, -0.2) is 16.2 Å². The summed E-state index contributed by atoms with van der Waals surface area (Å²) >= 11 is 14.0. The van der Waals surface area contributed by atoms with E-state index in [1.165, 1.54) is 17.8 Å². The minimum atomic E-state index is -4.62. The zero-order valence-corrected chi connectivity index (χ0v) is 17.4. The van der Waals surface area contributed by atoms with Crippen molar-refractivity contribution in [2.75, 3.05) is 10.6 Å². The van der Waals surface area contributed by atoms with Crippen LogP contribution in [0.4, 0.5) is 28.8 Å². The molecule has 0 spiro atoms. The monoisotopic (exact) mass is 478 g/mol. The van der Waals surface area contributed by atoms with Gasteiger partial charge >= 0.3 is 12.2 Å². The molecule has 3 aromatic rings. The number of nitrogens with zero attached hydrogens (tertiary/aromatic N) is 2. The van der Waals surface area contributed by atoms with E-state index in [1.54, 1.807) is 12.1 Å². The molecule has 12 heteroatoms. The number of anilines is 2. The highest BCUT2D eigenvalue weighted by Gasteiger charge is 2.33. The summed E-state index contributed by atoms with van der Waals surface area (Å²) in [5.74, 6) is 0.642. The fraction of sp³-hybridized carbons (Fsp3) is 0.118. The third-order valence-corrected chi connectivity index (χ3v) is 6.06. The average molecular weight is 479 g/mol. The van der Waals surface area contributed by atoms with Gasteiger partial charge in [-0.2, -0.15) is 13.2 Å². The Bertz CT molecular complexity index is 1010. The number of urea groups is 1. The molecule has 5 nitrogen and oxygen atoms in total. The molecule has 0 fully saturated rings. The maximum absolute atomic E-state index is 12.9. The van der Waals surface area contributed by atoms with Crippen LogP contribution in [0.15, 0.2) is 46.8 Å². The summed E-state index contributed by atoms with van der Waals surface area (Å²) in [6.07, 6.45) is -4.62. The van der Waals surface area contributed by atoms with Gasteiger partial charge in [0.25, 0.3) is 0 Å². The van der Waals surface area contributed by atoms with E-state index in [4.69, 9.17) is 23.2 Å². The fourth-order valence-corrected chi connectivity index (χ4v) is 4.18. The first-order valence-electron chi connectivity index (χ1n) is 7.86. The lowest BCUT2D eigenvalue weighted by Gasteiger charge is -2.11. The van der Waals surface area contributed by atoms with E-state index in [-0.39, 0.29) is 10.8 Å². The first-order valence-corrected chi connectivity index (χ1v) is 10.4. The van der Waals surface area contributed by atoms with Crippen LogP contribution in [0.5, 0.6) is 0 Å². The van der Waals surface area contributed by atoms with Gasteiger partial charge in [0.2, 0.25) is 5.13 Å². The molecule has 0 saturated carbocycles. The summed E-state index contributed by atoms with van der Waals surface area (Å²) in [5.41, 5.74) is -0.0418. The van der Waals surface area contributed by atoms with Crippen LogP contribution in [0.25, 0.3) is 0 Å². The molecule has 1 aromatic heterocycles. The number of thioether (sulfide) groups is 1. The topological polar surface area (TPSA) is 66.9 Å². The standard InChI is InChI=1S/C17H11Cl2F3N4OS2/c18-10-3-1-9(2-4-10)8-28-16-26-25-15(29-16)24-14(27)23-11-5-6-13(19)12(7-11)17(20,21)22/h1-7H,8H2,(H2,23,24,25,27). The summed E-state index contributed by atoms with van der Waals surface area (Å²) in [6, 6.07) is 9.71. The Morgan fingerprint density at radius 1 is 1.07 bits per heavy atom. The first-order chi connectivity index (χ1) is 13.7. The highest BCUT2D eigenvalue weighted by molar-refractivity contribution is 8.00. The lowest BCUT2D eigenvalue weighted by Crippen LogP contribution is -2.19. The van der Waals surface area contributed by atoms with Crippen molar-refractivity contribution in [2.24, 2.45) is 0 Å². The van der Waals surface area contributed by atoms with E-state index in [0.29, 0.717) is 15.1 Å². The van der Waals surface area contributed by atoms with E-state index in [1.807, 2.05) is 12.1 Å². The summed E-state index contributed by atoms with van der Waals surface area (Å²) in [5, 5.41) is 13.0. The number of benzene rings is 2. The molecule has 152 valence electrons. The normalized spacial score (nSPS) is 11.3. The number of aromatic nitrogens is 2. The molecule has 0 bridgehead atoms. The highest BCUT2D eigenvalue weighted by atomic mass is 35.5. The Morgan fingerprint density at radius 3 is 2.48 bits per heavy atom. The van der Waals surface area contributed by atoms with Crippen molar-refractivity contribution < 1.29 is 18.0 Å². The van der Waals surface area contributed by atoms with Crippen molar-refractivity contribution in [1.29, 1.82) is 0 Å². The first kappa shape index (κ1) is 21.7. The summed E-state index contributed by atoms with van der Waals surface area (Å²) in [7, 11) is 0. The van der Waals surface area contributed by atoms with E-state index in [0.717, 1.165) is 29.0 Å². The number of carbonyl (C=O) groups excluding carboxylic acids is 1. The Morgan fingerprint density at radius 2 is 1.79 bits per heavy atom. The van der Waals surface area contributed by atoms with Crippen molar-refractivity contribution in [2.45, 2.75) is 16.3 Å². The number of alkyl halides is 3. The zero-order valence-electron chi connectivity index (χ0n) is 14.3. The number of hydrogen-bond acceptors (Lipinski definition) is 5. The van der Waals surface area contributed by atoms with E-state index >= 15 is 0 Å². The molecule has 0 aliphatic rings. The largest absolute Gasteiger partial charge is 0.417 e. The summed E-state index contributed by atoms with van der Waals surface area (Å²) in [4.78, 5) is 12.0.